The summed E-state index contributed by atoms with van der Waals surface area (Å²) in [4.78, 5) is 39.2. The quantitative estimate of drug-likeness (QED) is 0.403. The van der Waals surface area contributed by atoms with Gasteiger partial charge in [0.15, 0.2) is 0 Å². The molecule has 210 valence electrons. The molecule has 0 saturated heterocycles. The molecule has 2 aromatic carbocycles. The Morgan fingerprint density at radius 1 is 1.02 bits per heavy atom. The highest BCUT2D eigenvalue weighted by atomic mass is 32.2. The van der Waals surface area contributed by atoms with Gasteiger partial charge < -0.3 is 4.90 Å². The van der Waals surface area contributed by atoms with E-state index in [0.29, 0.717) is 29.7 Å². The fraction of sp³-hybridized carbons (Fsp3) is 0.345. The molecule has 2 N–H and O–H groups in total. The van der Waals surface area contributed by atoms with Crippen LogP contribution in [0.4, 0.5) is 4.39 Å². The zero-order valence-corrected chi connectivity index (χ0v) is 22.8. The van der Waals surface area contributed by atoms with Crippen molar-refractivity contribution in [3.63, 3.8) is 0 Å². The van der Waals surface area contributed by atoms with Crippen LogP contribution in [0, 0.1) is 5.82 Å². The Labute approximate surface area is 232 Å². The van der Waals surface area contributed by atoms with E-state index in [2.05, 4.69) is 15.2 Å². The molecule has 3 aromatic rings. The SMILES string of the molecule is CS(=O)(=O)NC1CCCC[C@@H]1N1C(=O)c2ccccc2[C@@H](C(=O)NOCc2ccccn2)[C@@H]1c1ccccc1F. The lowest BCUT2D eigenvalue weighted by Crippen LogP contribution is -2.59. The van der Waals surface area contributed by atoms with Crippen molar-refractivity contribution in [1.29, 1.82) is 0 Å². The summed E-state index contributed by atoms with van der Waals surface area (Å²) in [6, 6.07) is 15.9. The van der Waals surface area contributed by atoms with Gasteiger partial charge in [-0.3, -0.25) is 19.4 Å². The van der Waals surface area contributed by atoms with Gasteiger partial charge in [-0.25, -0.2) is 23.0 Å². The Bertz CT molecular complexity index is 1490. The van der Waals surface area contributed by atoms with Crippen molar-refractivity contribution >= 4 is 21.8 Å². The van der Waals surface area contributed by atoms with Gasteiger partial charge >= 0.3 is 0 Å². The number of rotatable bonds is 8. The number of pyridine rings is 1. The van der Waals surface area contributed by atoms with Crippen molar-refractivity contribution in [3.8, 4) is 0 Å². The molecule has 1 aliphatic carbocycles. The molecule has 2 aliphatic rings. The molecule has 1 aliphatic heterocycles. The van der Waals surface area contributed by atoms with E-state index < -0.39 is 45.8 Å². The largest absolute Gasteiger partial charge is 0.326 e. The first-order valence-electron chi connectivity index (χ1n) is 13.2. The summed E-state index contributed by atoms with van der Waals surface area (Å²) in [6.07, 6.45) is 5.23. The van der Waals surface area contributed by atoms with E-state index >= 15 is 4.39 Å². The molecule has 1 saturated carbocycles. The number of benzene rings is 2. The summed E-state index contributed by atoms with van der Waals surface area (Å²) in [6.45, 7) is 0.0108. The lowest BCUT2D eigenvalue weighted by molar-refractivity contribution is -0.138. The summed E-state index contributed by atoms with van der Waals surface area (Å²) in [7, 11) is -3.60. The standard InChI is InChI=1S/C29H31FN4O5S/c1-40(37,38)33-24-15-6-7-16-25(24)34-27(22-13-4-5-14-23(22)30)26(20-11-2-3-12-21(20)29(34)36)28(35)32-39-18-19-10-8-9-17-31-19/h2-5,8-14,17,24-27,33H,6-7,15-16,18H2,1H3,(H,32,35)/t24?,25-,26+,27-/m0/s1. The lowest BCUT2D eigenvalue weighted by Gasteiger charge is -2.49. The van der Waals surface area contributed by atoms with Gasteiger partial charge in [0.2, 0.25) is 10.0 Å². The zero-order valence-electron chi connectivity index (χ0n) is 22.0. The molecule has 5 rings (SSSR count). The van der Waals surface area contributed by atoms with Gasteiger partial charge in [-0.1, -0.05) is 55.3 Å². The number of amides is 2. The molecule has 11 heteroatoms. The number of nitrogens with zero attached hydrogens (tertiary/aromatic N) is 2. The third-order valence-corrected chi connectivity index (χ3v) is 8.18. The van der Waals surface area contributed by atoms with Crippen LogP contribution in [0.15, 0.2) is 72.9 Å². The molecule has 0 radical (unpaired) electrons. The molecule has 9 nitrogen and oxygen atoms in total. The highest BCUT2D eigenvalue weighted by Gasteiger charge is 2.49. The number of hydroxylamine groups is 1. The van der Waals surface area contributed by atoms with Crippen LogP contribution in [0.3, 0.4) is 0 Å². The van der Waals surface area contributed by atoms with Crippen molar-refractivity contribution in [2.24, 2.45) is 0 Å². The van der Waals surface area contributed by atoms with Crippen molar-refractivity contribution in [2.75, 3.05) is 6.26 Å². The Balaban J connectivity index is 1.58. The minimum absolute atomic E-state index is 0.0108. The van der Waals surface area contributed by atoms with E-state index in [0.717, 1.165) is 19.1 Å². The summed E-state index contributed by atoms with van der Waals surface area (Å²) < 4.78 is 42.7. The average Bonchev–Trinajstić information content (AvgIpc) is 2.93. The second kappa shape index (κ2) is 11.8. The molecule has 2 heterocycles. The maximum absolute atomic E-state index is 15.5. The fourth-order valence-corrected chi connectivity index (χ4v) is 6.65. The minimum Gasteiger partial charge on any atom is -0.326 e. The smallest absolute Gasteiger partial charge is 0.255 e. The van der Waals surface area contributed by atoms with E-state index in [1.54, 1.807) is 66.9 Å². The molecule has 2 amide bonds. The number of carbonyl (C=O) groups excluding carboxylic acids is 2. The number of nitrogens with one attached hydrogen (secondary N) is 2. The Morgan fingerprint density at radius 3 is 2.45 bits per heavy atom. The third kappa shape index (κ3) is 5.91. The van der Waals surface area contributed by atoms with Gasteiger partial charge in [0.05, 0.1) is 23.9 Å². The predicted octanol–water partition coefficient (Wildman–Crippen LogP) is 3.61. The Morgan fingerprint density at radius 2 is 1.73 bits per heavy atom. The van der Waals surface area contributed by atoms with Crippen LogP contribution in [0.5, 0.6) is 0 Å². The molecular weight excluding hydrogens is 535 g/mol. The van der Waals surface area contributed by atoms with Crippen molar-refractivity contribution in [2.45, 2.75) is 56.3 Å². The van der Waals surface area contributed by atoms with E-state index in [-0.39, 0.29) is 18.1 Å². The van der Waals surface area contributed by atoms with E-state index in [1.807, 2.05) is 0 Å². The van der Waals surface area contributed by atoms with Crippen molar-refractivity contribution in [3.05, 3.63) is 101 Å². The third-order valence-electron chi connectivity index (χ3n) is 7.45. The number of fused-ring (bicyclic) bond motifs is 1. The van der Waals surface area contributed by atoms with E-state index in [4.69, 9.17) is 4.84 Å². The zero-order chi connectivity index (χ0) is 28.3. The van der Waals surface area contributed by atoms with Gasteiger partial charge in [-0.2, -0.15) is 0 Å². The monoisotopic (exact) mass is 566 g/mol. The van der Waals surface area contributed by atoms with E-state index in [1.165, 1.54) is 11.0 Å². The van der Waals surface area contributed by atoms with Crippen LogP contribution in [0.25, 0.3) is 0 Å². The summed E-state index contributed by atoms with van der Waals surface area (Å²) in [5.41, 5.74) is 4.02. The Kier molecular flexibility index (Phi) is 8.24. The summed E-state index contributed by atoms with van der Waals surface area (Å²) >= 11 is 0. The molecular formula is C29H31FN4O5S. The molecule has 0 spiro atoms. The maximum Gasteiger partial charge on any atom is 0.255 e. The molecule has 0 bridgehead atoms. The predicted molar refractivity (Wildman–Crippen MR) is 146 cm³/mol. The van der Waals surface area contributed by atoms with Crippen LogP contribution < -0.4 is 10.2 Å². The van der Waals surface area contributed by atoms with Crippen LogP contribution in [-0.4, -0.2) is 48.5 Å². The van der Waals surface area contributed by atoms with Crippen molar-refractivity contribution < 1.29 is 27.2 Å². The Hall–Kier alpha value is -3.67. The van der Waals surface area contributed by atoms with E-state index in [9.17, 15) is 18.0 Å². The molecule has 40 heavy (non-hydrogen) atoms. The summed E-state index contributed by atoms with van der Waals surface area (Å²) in [5.74, 6) is -2.54. The fourth-order valence-electron chi connectivity index (χ4n) is 5.83. The normalized spacial score (nSPS) is 22.9. The first-order valence-corrected chi connectivity index (χ1v) is 15.1. The van der Waals surface area contributed by atoms with Crippen LogP contribution >= 0.6 is 0 Å². The summed E-state index contributed by atoms with van der Waals surface area (Å²) in [5, 5.41) is 0. The number of aromatic nitrogens is 1. The van der Waals surface area contributed by atoms with Gasteiger partial charge in [0.1, 0.15) is 12.4 Å². The van der Waals surface area contributed by atoms with Crippen LogP contribution in [-0.2, 0) is 26.3 Å². The van der Waals surface area contributed by atoms with Crippen molar-refractivity contribution in [1.82, 2.24) is 20.1 Å². The van der Waals surface area contributed by atoms with Crippen LogP contribution in [0.1, 0.15) is 64.8 Å². The van der Waals surface area contributed by atoms with Gasteiger partial charge in [-0.15, -0.1) is 0 Å². The van der Waals surface area contributed by atoms with Gasteiger partial charge in [0, 0.05) is 29.4 Å². The first kappa shape index (κ1) is 27.9. The topological polar surface area (TPSA) is 118 Å². The minimum atomic E-state index is -3.60. The number of sulfonamides is 1. The molecule has 1 aromatic heterocycles. The average molecular weight is 567 g/mol. The number of hydrogen-bond donors (Lipinski definition) is 2. The number of hydrogen-bond acceptors (Lipinski definition) is 6. The highest BCUT2D eigenvalue weighted by Crippen LogP contribution is 2.46. The number of carbonyl (C=O) groups is 2. The highest BCUT2D eigenvalue weighted by molar-refractivity contribution is 7.88. The maximum atomic E-state index is 15.5. The van der Waals surface area contributed by atoms with Gasteiger partial charge in [0.25, 0.3) is 11.8 Å². The van der Waals surface area contributed by atoms with Crippen LogP contribution in [0.2, 0.25) is 0 Å². The molecule has 1 unspecified atom stereocenters. The number of halogens is 1. The second-order valence-corrected chi connectivity index (χ2v) is 11.9. The van der Waals surface area contributed by atoms with Gasteiger partial charge in [-0.05, 0) is 42.7 Å². The molecule has 4 atom stereocenters. The second-order valence-electron chi connectivity index (χ2n) is 10.2. The molecule has 1 fully saturated rings. The lowest BCUT2D eigenvalue weighted by atomic mass is 9.76. The first-order chi connectivity index (χ1) is 19.2.